The molecule has 0 aliphatic heterocycles. The van der Waals surface area contributed by atoms with Gasteiger partial charge < -0.3 is 5.32 Å². The van der Waals surface area contributed by atoms with Gasteiger partial charge in [0.2, 0.25) is 5.91 Å². The van der Waals surface area contributed by atoms with E-state index in [1.54, 1.807) is 29.2 Å². The van der Waals surface area contributed by atoms with Gasteiger partial charge in [0.1, 0.15) is 5.01 Å². The number of thioether (sulfide) groups is 1. The van der Waals surface area contributed by atoms with E-state index >= 15 is 0 Å². The fourth-order valence-electron chi connectivity index (χ4n) is 2.19. The zero-order valence-electron chi connectivity index (χ0n) is 13.3. The summed E-state index contributed by atoms with van der Waals surface area (Å²) in [6.45, 7) is 0. The van der Waals surface area contributed by atoms with Crippen molar-refractivity contribution < 1.29 is 4.79 Å². The number of hydrogen-bond acceptors (Lipinski definition) is 5. The van der Waals surface area contributed by atoms with Crippen LogP contribution in [0, 0.1) is 11.3 Å². The Balaban J connectivity index is 1.67. The topological polar surface area (TPSA) is 65.8 Å². The lowest BCUT2D eigenvalue weighted by atomic mass is 10.3. The third kappa shape index (κ3) is 4.69. The molecule has 1 amide bonds. The molecule has 0 atom stereocenters. The number of nitrogens with one attached hydrogen (secondary N) is 1. The normalized spacial score (nSPS) is 10.8. The summed E-state index contributed by atoms with van der Waals surface area (Å²) in [5, 5.41) is 12.3. The van der Waals surface area contributed by atoms with Crippen LogP contribution >= 0.6 is 23.1 Å². The highest BCUT2D eigenvalue weighted by atomic mass is 32.2. The molecule has 0 aliphatic rings. The van der Waals surface area contributed by atoms with Crippen LogP contribution < -0.4 is 5.32 Å². The van der Waals surface area contributed by atoms with Crippen LogP contribution in [0.25, 0.3) is 16.3 Å². The van der Waals surface area contributed by atoms with Crippen LogP contribution in [0.5, 0.6) is 0 Å². The Kier molecular flexibility index (Phi) is 5.83. The fourth-order valence-corrected chi connectivity index (χ4v) is 3.92. The molecule has 0 radical (unpaired) electrons. The number of nitriles is 1. The summed E-state index contributed by atoms with van der Waals surface area (Å²) in [6.07, 6.45) is 3.70. The van der Waals surface area contributed by atoms with Gasteiger partial charge in [-0.1, -0.05) is 24.3 Å². The van der Waals surface area contributed by atoms with E-state index in [9.17, 15) is 4.79 Å². The average molecular weight is 365 g/mol. The van der Waals surface area contributed by atoms with Crippen LogP contribution in [-0.2, 0) is 4.79 Å². The second kappa shape index (κ2) is 8.47. The Labute approximate surface area is 154 Å². The van der Waals surface area contributed by atoms with E-state index in [0.717, 1.165) is 25.8 Å². The molecule has 0 bridgehead atoms. The van der Waals surface area contributed by atoms with Crippen molar-refractivity contribution in [2.24, 2.45) is 0 Å². The molecule has 1 N–H and O–H groups in total. The van der Waals surface area contributed by atoms with Crippen molar-refractivity contribution in [1.82, 2.24) is 4.98 Å². The number of rotatable bonds is 6. The first-order valence-corrected chi connectivity index (χ1v) is 9.50. The van der Waals surface area contributed by atoms with E-state index < -0.39 is 0 Å². The predicted octanol–water partition coefficient (Wildman–Crippen LogP) is 4.95. The maximum Gasteiger partial charge on any atom is 0.248 e. The van der Waals surface area contributed by atoms with Gasteiger partial charge in [0.25, 0.3) is 0 Å². The molecule has 124 valence electrons. The monoisotopic (exact) mass is 365 g/mol. The van der Waals surface area contributed by atoms with Crippen molar-refractivity contribution in [3.05, 3.63) is 59.6 Å². The molecule has 6 heteroatoms. The van der Waals surface area contributed by atoms with Crippen molar-refractivity contribution in [3.8, 4) is 6.07 Å². The summed E-state index contributed by atoms with van der Waals surface area (Å²) < 4.78 is 1.10. The van der Waals surface area contributed by atoms with Crippen molar-refractivity contribution in [3.63, 3.8) is 0 Å². The van der Waals surface area contributed by atoms with Crippen molar-refractivity contribution >= 4 is 51.0 Å². The second-order valence-corrected chi connectivity index (χ2v) is 7.29. The van der Waals surface area contributed by atoms with Gasteiger partial charge in [-0.25, -0.2) is 4.98 Å². The molecule has 0 unspecified atom stereocenters. The number of aromatic nitrogens is 1. The molecular weight excluding hydrogens is 350 g/mol. The van der Waals surface area contributed by atoms with Gasteiger partial charge >= 0.3 is 0 Å². The minimum absolute atomic E-state index is 0.201. The van der Waals surface area contributed by atoms with Crippen molar-refractivity contribution in [2.45, 2.75) is 11.3 Å². The molecular formula is C19H15N3OS2. The summed E-state index contributed by atoms with van der Waals surface area (Å²) in [5.74, 6) is 0.498. The molecule has 4 nitrogen and oxygen atoms in total. The number of thiazole rings is 1. The standard InChI is InChI=1S/C19H15N3OS2/c20-12-5-13-24-16-8-3-1-6-14(16)21-18(23)10-11-19-22-15-7-2-4-9-17(15)25-19/h1-4,6-11H,5,13H2,(H,21,23). The maximum atomic E-state index is 12.2. The largest absolute Gasteiger partial charge is 0.321 e. The van der Waals surface area contributed by atoms with Gasteiger partial charge in [0.15, 0.2) is 0 Å². The molecule has 0 saturated heterocycles. The van der Waals surface area contributed by atoms with E-state index in [1.807, 2.05) is 48.5 Å². The first-order valence-electron chi connectivity index (χ1n) is 7.69. The maximum absolute atomic E-state index is 12.2. The Morgan fingerprint density at radius 3 is 2.88 bits per heavy atom. The lowest BCUT2D eigenvalue weighted by Gasteiger charge is -2.08. The fraction of sp³-hybridized carbons (Fsp3) is 0.105. The summed E-state index contributed by atoms with van der Waals surface area (Å²) >= 11 is 3.11. The Morgan fingerprint density at radius 1 is 1.24 bits per heavy atom. The quantitative estimate of drug-likeness (QED) is 0.381. The van der Waals surface area contributed by atoms with Crippen LogP contribution in [-0.4, -0.2) is 16.6 Å². The van der Waals surface area contributed by atoms with Crippen molar-refractivity contribution in [2.75, 3.05) is 11.1 Å². The van der Waals surface area contributed by atoms with Crippen molar-refractivity contribution in [1.29, 1.82) is 5.26 Å². The minimum atomic E-state index is -0.201. The first-order chi connectivity index (χ1) is 12.3. The number of nitrogens with zero attached hydrogens (tertiary/aromatic N) is 2. The third-order valence-electron chi connectivity index (χ3n) is 3.30. The van der Waals surface area contributed by atoms with Gasteiger partial charge in [-0.3, -0.25) is 4.79 Å². The zero-order valence-corrected chi connectivity index (χ0v) is 14.9. The van der Waals surface area contributed by atoms with Crippen LogP contribution in [0.15, 0.2) is 59.5 Å². The zero-order chi connectivity index (χ0) is 17.5. The summed E-state index contributed by atoms with van der Waals surface area (Å²) in [5.41, 5.74) is 1.69. The summed E-state index contributed by atoms with van der Waals surface area (Å²) in [7, 11) is 0. The lowest BCUT2D eigenvalue weighted by molar-refractivity contribution is -0.111. The molecule has 25 heavy (non-hydrogen) atoms. The molecule has 3 aromatic rings. The van der Waals surface area contributed by atoms with E-state index in [-0.39, 0.29) is 5.91 Å². The highest BCUT2D eigenvalue weighted by Crippen LogP contribution is 2.27. The molecule has 1 heterocycles. The molecule has 0 spiro atoms. The molecule has 1 aromatic heterocycles. The second-order valence-electron chi connectivity index (χ2n) is 5.10. The molecule has 2 aromatic carbocycles. The van der Waals surface area contributed by atoms with Gasteiger partial charge in [-0.2, -0.15) is 5.26 Å². The Morgan fingerprint density at radius 2 is 2.04 bits per heavy atom. The third-order valence-corrected chi connectivity index (χ3v) is 5.38. The predicted molar refractivity (Wildman–Crippen MR) is 105 cm³/mol. The van der Waals surface area contributed by atoms with Crippen LogP contribution in [0.1, 0.15) is 11.4 Å². The molecule has 0 saturated carbocycles. The van der Waals surface area contributed by atoms with E-state index in [2.05, 4.69) is 16.4 Å². The van der Waals surface area contributed by atoms with Gasteiger partial charge in [-0.15, -0.1) is 23.1 Å². The van der Waals surface area contributed by atoms with E-state index in [4.69, 9.17) is 5.26 Å². The number of anilines is 1. The van der Waals surface area contributed by atoms with Gasteiger partial charge in [0, 0.05) is 23.1 Å². The Bertz CT molecular complexity index is 923. The average Bonchev–Trinajstić information content (AvgIpc) is 3.05. The number of hydrogen-bond donors (Lipinski definition) is 1. The van der Waals surface area contributed by atoms with Crippen LogP contribution in [0.4, 0.5) is 5.69 Å². The number of amides is 1. The highest BCUT2D eigenvalue weighted by Gasteiger charge is 2.05. The number of fused-ring (bicyclic) bond motifs is 1. The summed E-state index contributed by atoms with van der Waals surface area (Å²) in [4.78, 5) is 17.6. The van der Waals surface area contributed by atoms with Crippen LogP contribution in [0.2, 0.25) is 0 Å². The smallest absolute Gasteiger partial charge is 0.248 e. The SMILES string of the molecule is N#CCCSc1ccccc1NC(=O)C=Cc1nc2ccccc2s1. The van der Waals surface area contributed by atoms with Gasteiger partial charge in [0.05, 0.1) is 22.0 Å². The molecule has 3 rings (SSSR count). The van der Waals surface area contributed by atoms with E-state index in [1.165, 1.54) is 6.08 Å². The number of para-hydroxylation sites is 2. The van der Waals surface area contributed by atoms with E-state index in [0.29, 0.717) is 12.2 Å². The number of carbonyl (C=O) groups is 1. The van der Waals surface area contributed by atoms with Crippen LogP contribution in [0.3, 0.4) is 0 Å². The molecule has 0 fully saturated rings. The summed E-state index contributed by atoms with van der Waals surface area (Å²) in [6, 6.07) is 17.6. The lowest BCUT2D eigenvalue weighted by Crippen LogP contribution is -2.08. The highest BCUT2D eigenvalue weighted by molar-refractivity contribution is 7.99. The molecule has 0 aliphatic carbocycles. The Hall–Kier alpha value is -2.62. The first kappa shape index (κ1) is 17.2. The number of carbonyl (C=O) groups excluding carboxylic acids is 1. The number of benzene rings is 2. The minimum Gasteiger partial charge on any atom is -0.321 e. The van der Waals surface area contributed by atoms with Gasteiger partial charge in [-0.05, 0) is 30.3 Å².